The first kappa shape index (κ1) is 40.0. The highest BCUT2D eigenvalue weighted by molar-refractivity contribution is 5.91. The van der Waals surface area contributed by atoms with Gasteiger partial charge in [-0.25, -0.2) is 9.59 Å². The van der Waals surface area contributed by atoms with Crippen molar-refractivity contribution in [2.45, 2.75) is 65.5 Å². The van der Waals surface area contributed by atoms with E-state index in [0.717, 1.165) is 22.3 Å². The van der Waals surface area contributed by atoms with Crippen LogP contribution in [0.25, 0.3) is 6.08 Å². The Morgan fingerprint density at radius 2 is 1.19 bits per heavy atom. The van der Waals surface area contributed by atoms with E-state index in [-0.39, 0.29) is 12.5 Å². The van der Waals surface area contributed by atoms with Crippen LogP contribution in [-0.2, 0) is 34.1 Å². The van der Waals surface area contributed by atoms with Crippen molar-refractivity contribution in [2.24, 2.45) is 0 Å². The second kappa shape index (κ2) is 21.6. The predicted molar refractivity (Wildman–Crippen MR) is 206 cm³/mol. The summed E-state index contributed by atoms with van der Waals surface area (Å²) < 4.78 is 23.1. The number of amides is 3. The van der Waals surface area contributed by atoms with E-state index in [1.165, 1.54) is 6.08 Å². The molecule has 10 nitrogen and oxygen atoms in total. The molecule has 0 saturated heterocycles. The molecule has 4 rings (SSSR count). The van der Waals surface area contributed by atoms with Crippen LogP contribution in [0.2, 0.25) is 0 Å². The van der Waals surface area contributed by atoms with Gasteiger partial charge < -0.3 is 34.5 Å². The maximum atomic E-state index is 13.0. The van der Waals surface area contributed by atoms with Crippen molar-refractivity contribution in [3.8, 4) is 11.5 Å². The molecule has 0 aromatic heterocycles. The molecular weight excluding hydrogens is 670 g/mol. The van der Waals surface area contributed by atoms with E-state index >= 15 is 0 Å². The Morgan fingerprint density at radius 1 is 0.642 bits per heavy atom. The number of alkyl carbamates (subject to hydrolysis) is 1. The minimum Gasteiger partial charge on any atom is -0.485 e. The number of carbonyl (C=O) groups excluding carboxylic acids is 3. The van der Waals surface area contributed by atoms with Crippen molar-refractivity contribution in [1.82, 2.24) is 15.5 Å². The largest absolute Gasteiger partial charge is 0.485 e. The number of unbranched alkanes of at least 4 members (excludes halogenated alkanes) is 1. The topological polar surface area (TPSA) is 115 Å². The summed E-state index contributed by atoms with van der Waals surface area (Å²) in [5.74, 6) is 0.928. The molecule has 4 aromatic rings. The van der Waals surface area contributed by atoms with E-state index in [2.05, 4.69) is 10.6 Å². The molecule has 3 amide bonds. The third-order valence-corrected chi connectivity index (χ3v) is 7.76. The van der Waals surface area contributed by atoms with Crippen LogP contribution in [0.15, 0.2) is 115 Å². The third kappa shape index (κ3) is 16.0. The lowest BCUT2D eigenvalue weighted by Gasteiger charge is -2.22. The fourth-order valence-electron chi connectivity index (χ4n) is 5.08. The van der Waals surface area contributed by atoms with Gasteiger partial charge in [-0.05, 0) is 80.5 Å². The Balaban J connectivity index is 1.27. The SMILES string of the molecule is CC(C)(C)OC(=O)NCCCCN(CCCNC(=O)/C=C/c1ccc(OCc2ccccc2)c(OCc2ccccc2)c1)C(=O)OCc1ccccc1. The maximum absolute atomic E-state index is 13.0. The quantitative estimate of drug-likeness (QED) is 0.0740. The van der Waals surface area contributed by atoms with Crippen LogP contribution < -0.4 is 20.1 Å². The summed E-state index contributed by atoms with van der Waals surface area (Å²) in [6, 6.07) is 34.9. The molecule has 0 aliphatic heterocycles. The van der Waals surface area contributed by atoms with Gasteiger partial charge in [-0.2, -0.15) is 0 Å². The first-order valence-corrected chi connectivity index (χ1v) is 18.0. The van der Waals surface area contributed by atoms with Gasteiger partial charge in [-0.1, -0.05) is 97.1 Å². The molecule has 0 spiro atoms. The van der Waals surface area contributed by atoms with Crippen LogP contribution in [0, 0.1) is 0 Å². The van der Waals surface area contributed by atoms with E-state index in [0.29, 0.717) is 70.2 Å². The van der Waals surface area contributed by atoms with Gasteiger partial charge in [0.25, 0.3) is 0 Å². The number of hydrogen-bond acceptors (Lipinski definition) is 7. The van der Waals surface area contributed by atoms with Crippen LogP contribution >= 0.6 is 0 Å². The van der Waals surface area contributed by atoms with E-state index < -0.39 is 17.8 Å². The van der Waals surface area contributed by atoms with Gasteiger partial charge in [0.1, 0.15) is 25.4 Å². The minimum atomic E-state index is -0.570. The summed E-state index contributed by atoms with van der Waals surface area (Å²) in [5, 5.41) is 5.65. The number of hydrogen-bond donors (Lipinski definition) is 2. The van der Waals surface area contributed by atoms with Crippen LogP contribution in [0.3, 0.4) is 0 Å². The molecule has 0 fully saturated rings. The highest BCUT2D eigenvalue weighted by atomic mass is 16.6. The molecular formula is C43H51N3O7. The van der Waals surface area contributed by atoms with E-state index in [1.54, 1.807) is 11.0 Å². The van der Waals surface area contributed by atoms with Gasteiger partial charge in [0.15, 0.2) is 11.5 Å². The zero-order chi connectivity index (χ0) is 37.7. The van der Waals surface area contributed by atoms with E-state index in [1.807, 2.05) is 130 Å². The molecule has 0 aliphatic rings. The van der Waals surface area contributed by atoms with Crippen LogP contribution in [0.5, 0.6) is 11.5 Å². The minimum absolute atomic E-state index is 0.164. The Hall–Kier alpha value is -5.77. The zero-order valence-electron chi connectivity index (χ0n) is 30.9. The van der Waals surface area contributed by atoms with Crippen molar-refractivity contribution >= 4 is 24.2 Å². The summed E-state index contributed by atoms with van der Waals surface area (Å²) in [6.45, 7) is 7.99. The second-order valence-corrected chi connectivity index (χ2v) is 13.4. The van der Waals surface area contributed by atoms with E-state index in [4.69, 9.17) is 18.9 Å². The fourth-order valence-corrected chi connectivity index (χ4v) is 5.08. The summed E-state index contributed by atoms with van der Waals surface area (Å²) >= 11 is 0. The monoisotopic (exact) mass is 721 g/mol. The standard InChI is InChI=1S/C43H51N3O7/c1-43(2,3)53-41(48)45-26-13-14-28-46(42(49)52-33-37-20-11-6-12-21-37)29-15-27-44-40(47)25-23-34-22-24-38(50-31-35-16-7-4-8-17-35)39(30-34)51-32-36-18-9-5-10-19-36/h4-12,16-25,30H,13-15,26-29,31-33H2,1-3H3,(H,44,47)(H,45,48)/b25-23+. The number of ether oxygens (including phenoxy) is 4. The molecule has 0 heterocycles. The molecule has 0 bridgehead atoms. The van der Waals surface area contributed by atoms with Crippen molar-refractivity contribution in [3.05, 3.63) is 138 Å². The lowest BCUT2D eigenvalue weighted by Crippen LogP contribution is -2.36. The number of rotatable bonds is 19. The first-order chi connectivity index (χ1) is 25.6. The Bertz CT molecular complexity index is 1730. The molecule has 0 radical (unpaired) electrons. The van der Waals surface area contributed by atoms with Crippen LogP contribution in [0.1, 0.15) is 62.3 Å². The molecule has 2 N–H and O–H groups in total. The number of nitrogens with one attached hydrogen (secondary N) is 2. The molecule has 10 heteroatoms. The highest BCUT2D eigenvalue weighted by Gasteiger charge is 2.17. The lowest BCUT2D eigenvalue weighted by molar-refractivity contribution is -0.116. The summed E-state index contributed by atoms with van der Waals surface area (Å²) in [4.78, 5) is 39.4. The summed E-state index contributed by atoms with van der Waals surface area (Å²) in [7, 11) is 0. The van der Waals surface area contributed by atoms with Gasteiger partial charge in [-0.15, -0.1) is 0 Å². The highest BCUT2D eigenvalue weighted by Crippen LogP contribution is 2.30. The van der Waals surface area contributed by atoms with Crippen molar-refractivity contribution < 1.29 is 33.3 Å². The molecule has 0 atom stereocenters. The molecule has 280 valence electrons. The smallest absolute Gasteiger partial charge is 0.410 e. The van der Waals surface area contributed by atoms with Crippen molar-refractivity contribution in [2.75, 3.05) is 26.2 Å². The van der Waals surface area contributed by atoms with Gasteiger partial charge in [0.05, 0.1) is 0 Å². The van der Waals surface area contributed by atoms with Crippen LogP contribution in [0.4, 0.5) is 9.59 Å². The Labute approximate surface area is 313 Å². The summed E-state index contributed by atoms with van der Waals surface area (Å²) in [6.07, 6.45) is 4.14. The molecule has 4 aromatic carbocycles. The average Bonchev–Trinajstić information content (AvgIpc) is 3.16. The van der Waals surface area contributed by atoms with Gasteiger partial charge in [0.2, 0.25) is 5.91 Å². The Morgan fingerprint density at radius 3 is 1.79 bits per heavy atom. The second-order valence-electron chi connectivity index (χ2n) is 13.4. The lowest BCUT2D eigenvalue weighted by atomic mass is 10.1. The van der Waals surface area contributed by atoms with E-state index in [9.17, 15) is 14.4 Å². The van der Waals surface area contributed by atoms with Gasteiger partial charge in [-0.3, -0.25) is 4.79 Å². The molecule has 53 heavy (non-hydrogen) atoms. The number of carbonyl (C=O) groups is 3. The normalized spacial score (nSPS) is 11.1. The number of benzene rings is 4. The fraction of sp³-hybridized carbons (Fsp3) is 0.326. The van der Waals surface area contributed by atoms with Gasteiger partial charge in [0, 0.05) is 32.3 Å². The molecule has 0 saturated carbocycles. The van der Waals surface area contributed by atoms with Crippen LogP contribution in [-0.4, -0.2) is 54.8 Å². The maximum Gasteiger partial charge on any atom is 0.410 e. The average molecular weight is 722 g/mol. The number of nitrogens with zero attached hydrogens (tertiary/aromatic N) is 1. The Kier molecular flexibility index (Phi) is 16.3. The third-order valence-electron chi connectivity index (χ3n) is 7.76. The zero-order valence-corrected chi connectivity index (χ0v) is 30.9. The van der Waals surface area contributed by atoms with Gasteiger partial charge >= 0.3 is 12.2 Å². The molecule has 0 aliphatic carbocycles. The summed E-state index contributed by atoms with van der Waals surface area (Å²) in [5.41, 5.74) is 3.18. The van der Waals surface area contributed by atoms with Crippen molar-refractivity contribution in [3.63, 3.8) is 0 Å². The predicted octanol–water partition coefficient (Wildman–Crippen LogP) is 8.31. The first-order valence-electron chi connectivity index (χ1n) is 18.0. The van der Waals surface area contributed by atoms with Crippen molar-refractivity contribution in [1.29, 1.82) is 0 Å². The molecule has 0 unspecified atom stereocenters.